The van der Waals surface area contributed by atoms with Crippen molar-refractivity contribution in [2.75, 3.05) is 12.4 Å². The van der Waals surface area contributed by atoms with Gasteiger partial charge in [0, 0.05) is 28.8 Å². The molecule has 9 nitrogen and oxygen atoms in total. The van der Waals surface area contributed by atoms with E-state index in [1.807, 2.05) is 30.3 Å². The fourth-order valence-electron chi connectivity index (χ4n) is 4.11. The predicted octanol–water partition coefficient (Wildman–Crippen LogP) is 0.565. The maximum Gasteiger partial charge on any atom is 1.00 e. The molecule has 4 aromatic rings. The van der Waals surface area contributed by atoms with E-state index >= 15 is 0 Å². The van der Waals surface area contributed by atoms with Crippen LogP contribution in [0.25, 0.3) is 11.1 Å². The van der Waals surface area contributed by atoms with Gasteiger partial charge in [0.1, 0.15) is 6.04 Å². The van der Waals surface area contributed by atoms with Crippen LogP contribution >= 0.6 is 11.6 Å². The molecule has 0 aliphatic carbocycles. The molecule has 0 saturated carbocycles. The van der Waals surface area contributed by atoms with Crippen LogP contribution in [0.1, 0.15) is 39.2 Å². The molecule has 1 aromatic heterocycles. The number of carbonyl (C=O) groups is 3. The number of carboxylic acids is 1. The number of nitrogens with zero attached hydrogens (tertiary/aromatic N) is 2. The molecular weight excluding hydrogens is 561 g/mol. The molecule has 3 aromatic carbocycles. The molecule has 0 spiro atoms. The van der Waals surface area contributed by atoms with E-state index in [1.165, 1.54) is 44.4 Å². The number of ether oxygens (including phenoxy) is 1. The van der Waals surface area contributed by atoms with Crippen molar-refractivity contribution in [3.8, 4) is 17.0 Å². The van der Waals surface area contributed by atoms with Crippen molar-refractivity contribution >= 4 is 34.9 Å². The number of amides is 1. The number of aromatic nitrogens is 2. The minimum absolute atomic E-state index is 0. The van der Waals surface area contributed by atoms with Crippen molar-refractivity contribution in [3.63, 3.8) is 0 Å². The monoisotopic (exact) mass is 583 g/mol. The Morgan fingerprint density at radius 2 is 1.68 bits per heavy atom. The molecule has 11 heteroatoms. The molecule has 0 radical (unpaired) electrons. The molecule has 0 bridgehead atoms. The summed E-state index contributed by atoms with van der Waals surface area (Å²) in [6.45, 7) is 1.40. The summed E-state index contributed by atoms with van der Waals surface area (Å²) in [6, 6.07) is 19.4. The Bertz CT molecular complexity index is 1610. The quantitative estimate of drug-likeness (QED) is 0.225. The summed E-state index contributed by atoms with van der Waals surface area (Å²) in [6.07, 6.45) is 0.120. The first-order valence-electron chi connectivity index (χ1n) is 11.8. The van der Waals surface area contributed by atoms with E-state index in [9.17, 15) is 24.3 Å². The maximum absolute atomic E-state index is 13.5. The predicted molar refractivity (Wildman–Crippen MR) is 144 cm³/mol. The number of ketones is 1. The Morgan fingerprint density at radius 1 is 1.00 bits per heavy atom. The fraction of sp³-hybridized carbons (Fsp3) is 0.138. The third-order valence-corrected chi connectivity index (χ3v) is 6.26. The Labute approximate surface area is 277 Å². The largest absolute Gasteiger partial charge is 1.00 e. The van der Waals surface area contributed by atoms with Gasteiger partial charge in [-0.2, -0.15) is 0 Å². The zero-order valence-electron chi connectivity index (χ0n) is 22.0. The molecule has 1 atom stereocenters. The van der Waals surface area contributed by atoms with E-state index in [4.69, 9.17) is 16.3 Å². The van der Waals surface area contributed by atoms with Crippen LogP contribution in [0.15, 0.2) is 83.7 Å². The second-order valence-corrected chi connectivity index (χ2v) is 9.09. The summed E-state index contributed by atoms with van der Waals surface area (Å²) < 4.78 is 6.51. The summed E-state index contributed by atoms with van der Waals surface area (Å²) in [5.41, 5.74) is 1.40. The molecule has 0 saturated heterocycles. The summed E-state index contributed by atoms with van der Waals surface area (Å²) >= 11 is 6.18. The molecule has 40 heavy (non-hydrogen) atoms. The Kier molecular flexibility index (Phi) is 11.0. The van der Waals surface area contributed by atoms with E-state index in [0.717, 1.165) is 10.2 Å². The molecule has 1 heterocycles. The molecule has 1 amide bonds. The Hall–Kier alpha value is -3.12. The molecule has 4 rings (SSSR count). The molecule has 0 unspecified atom stereocenters. The number of carbonyl (C=O) groups excluding carboxylic acids is 3. The van der Waals surface area contributed by atoms with Gasteiger partial charge in [0.05, 0.1) is 18.6 Å². The number of carboxylic acid groups (broad SMARTS) is 1. The van der Waals surface area contributed by atoms with Crippen LogP contribution in [-0.2, 0) is 11.2 Å². The van der Waals surface area contributed by atoms with Gasteiger partial charge in [-0.15, -0.1) is 5.10 Å². The van der Waals surface area contributed by atoms with Crippen LogP contribution in [0.4, 0.5) is 5.69 Å². The van der Waals surface area contributed by atoms with Crippen molar-refractivity contribution in [1.29, 1.82) is 0 Å². The van der Waals surface area contributed by atoms with E-state index in [0.29, 0.717) is 21.8 Å². The third kappa shape index (κ3) is 7.33. The average molecular weight is 584 g/mol. The van der Waals surface area contributed by atoms with Crippen LogP contribution in [0.5, 0.6) is 5.88 Å². The van der Waals surface area contributed by atoms with Gasteiger partial charge in [0.15, 0.2) is 5.78 Å². The maximum atomic E-state index is 13.5. The first-order chi connectivity index (χ1) is 18.7. The van der Waals surface area contributed by atoms with Gasteiger partial charge in [-0.05, 0) is 53.9 Å². The van der Waals surface area contributed by atoms with Crippen LogP contribution in [0.2, 0.25) is 5.02 Å². The second-order valence-electron chi connectivity index (χ2n) is 8.66. The summed E-state index contributed by atoms with van der Waals surface area (Å²) in [5.74, 6) is -2.12. The van der Waals surface area contributed by atoms with Gasteiger partial charge in [0.25, 0.3) is 5.56 Å². The number of hydrogen-bond donors (Lipinski definition) is 1. The standard InChI is InChI=1S/C29H24ClN3O6.K/c1-17(34)22-13-10-20(30)15-23(22)24-16-26(35)33(32-28(24)39-2)25(14-18-6-4-3-5-7-18)27(36)31-21-11-8-19(9-12-21)29(37)38;/h3-13,15-16,25H,14H2,1-2H3,(H,31,36)(H,37,38);/q;+1/p-1/t25-;/m0./s1. The molecular formula is C29H23ClKN3O6. The van der Waals surface area contributed by atoms with E-state index < -0.39 is 23.5 Å². The molecule has 0 aliphatic heterocycles. The van der Waals surface area contributed by atoms with Crippen molar-refractivity contribution in [1.82, 2.24) is 9.78 Å². The number of halogens is 1. The number of rotatable bonds is 9. The van der Waals surface area contributed by atoms with E-state index in [2.05, 4.69) is 10.4 Å². The van der Waals surface area contributed by atoms with Gasteiger partial charge in [-0.1, -0.05) is 54.1 Å². The minimum Gasteiger partial charge on any atom is -0.545 e. The summed E-state index contributed by atoms with van der Waals surface area (Å²) in [4.78, 5) is 50.2. The van der Waals surface area contributed by atoms with Crippen LogP contribution in [-0.4, -0.2) is 34.6 Å². The SMILES string of the molecule is COc1nn([C@@H](Cc2ccccc2)C(=O)Nc2ccc(C(=O)[O-])cc2)c(=O)cc1-c1cc(Cl)ccc1C(C)=O.[K+]. The first kappa shape index (κ1) is 31.4. The summed E-state index contributed by atoms with van der Waals surface area (Å²) in [7, 11) is 1.36. The average Bonchev–Trinajstić information content (AvgIpc) is 2.92. The zero-order valence-corrected chi connectivity index (χ0v) is 25.9. The van der Waals surface area contributed by atoms with Crippen molar-refractivity contribution in [2.24, 2.45) is 0 Å². The topological polar surface area (TPSA) is 130 Å². The van der Waals surface area contributed by atoms with Gasteiger partial charge >= 0.3 is 51.4 Å². The fourth-order valence-corrected chi connectivity index (χ4v) is 4.28. The number of methoxy groups -OCH3 is 1. The zero-order chi connectivity index (χ0) is 28.1. The first-order valence-corrected chi connectivity index (χ1v) is 12.2. The Balaban J connectivity index is 0.00000441. The number of nitrogens with one attached hydrogen (secondary N) is 1. The van der Waals surface area contributed by atoms with Gasteiger partial charge in [-0.3, -0.25) is 14.4 Å². The normalized spacial score (nSPS) is 11.2. The molecule has 0 fully saturated rings. The van der Waals surface area contributed by atoms with Gasteiger partial charge in [0.2, 0.25) is 11.8 Å². The molecule has 1 N–H and O–H groups in total. The number of anilines is 1. The molecule has 198 valence electrons. The minimum atomic E-state index is -1.34. The van der Waals surface area contributed by atoms with Crippen LogP contribution in [0, 0.1) is 0 Å². The van der Waals surface area contributed by atoms with Gasteiger partial charge < -0.3 is 20.0 Å². The third-order valence-electron chi connectivity index (χ3n) is 6.02. The van der Waals surface area contributed by atoms with Crippen molar-refractivity contribution in [2.45, 2.75) is 19.4 Å². The van der Waals surface area contributed by atoms with E-state index in [-0.39, 0.29) is 80.6 Å². The summed E-state index contributed by atoms with van der Waals surface area (Å²) in [5, 5.41) is 18.5. The van der Waals surface area contributed by atoms with Crippen molar-refractivity contribution in [3.05, 3.63) is 111 Å². The number of Topliss-reactive ketones (excluding diaryl/α,β-unsaturated/α-hetero) is 1. The van der Waals surface area contributed by atoms with Gasteiger partial charge in [-0.25, -0.2) is 4.68 Å². The number of benzene rings is 3. The van der Waals surface area contributed by atoms with E-state index in [1.54, 1.807) is 18.2 Å². The Morgan fingerprint density at radius 3 is 2.27 bits per heavy atom. The number of hydrogen-bond acceptors (Lipinski definition) is 7. The van der Waals surface area contributed by atoms with Crippen molar-refractivity contribution < 1.29 is 75.6 Å². The number of aromatic carboxylic acids is 1. The smallest absolute Gasteiger partial charge is 0.545 e. The van der Waals surface area contributed by atoms with Crippen LogP contribution in [0.3, 0.4) is 0 Å². The van der Waals surface area contributed by atoms with Crippen LogP contribution < -0.4 is 72.1 Å². The second kappa shape index (κ2) is 14.0. The molecule has 0 aliphatic rings.